The molecule has 104 valence electrons. The van der Waals surface area contributed by atoms with Crippen molar-refractivity contribution < 1.29 is 4.74 Å². The van der Waals surface area contributed by atoms with E-state index in [4.69, 9.17) is 22.1 Å². The molecule has 2 nitrogen and oxygen atoms in total. The third kappa shape index (κ3) is 2.95. The van der Waals surface area contributed by atoms with E-state index in [-0.39, 0.29) is 6.10 Å². The summed E-state index contributed by atoms with van der Waals surface area (Å²) in [5.74, 6) is 0.849. The molecular formula is C16H16ClNOS. The van der Waals surface area contributed by atoms with Crippen LogP contribution < -0.4 is 5.73 Å². The Labute approximate surface area is 128 Å². The Bertz CT molecular complexity index is 617. The Morgan fingerprint density at radius 3 is 3.00 bits per heavy atom. The van der Waals surface area contributed by atoms with Crippen LogP contribution in [0.4, 0.5) is 5.69 Å². The van der Waals surface area contributed by atoms with Crippen LogP contribution in [0.15, 0.2) is 47.4 Å². The number of hydrogen-bond donors (Lipinski definition) is 1. The fourth-order valence-electron chi connectivity index (χ4n) is 2.41. The number of halogens is 1. The summed E-state index contributed by atoms with van der Waals surface area (Å²) in [4.78, 5) is 1.02. The second kappa shape index (κ2) is 6.08. The number of hydrogen-bond acceptors (Lipinski definition) is 3. The van der Waals surface area contributed by atoms with Crippen LogP contribution in [0.25, 0.3) is 0 Å². The van der Waals surface area contributed by atoms with Crippen molar-refractivity contribution in [3.63, 3.8) is 0 Å². The van der Waals surface area contributed by atoms with Crippen molar-refractivity contribution in [2.24, 2.45) is 0 Å². The number of fused-ring (bicyclic) bond motifs is 1. The van der Waals surface area contributed by atoms with E-state index in [1.165, 1.54) is 11.1 Å². The molecule has 2 N–H and O–H groups in total. The molecule has 0 saturated carbocycles. The predicted molar refractivity (Wildman–Crippen MR) is 85.4 cm³/mol. The topological polar surface area (TPSA) is 35.2 Å². The molecule has 0 saturated heterocycles. The van der Waals surface area contributed by atoms with Crippen molar-refractivity contribution in [3.8, 4) is 0 Å². The van der Waals surface area contributed by atoms with E-state index < -0.39 is 0 Å². The van der Waals surface area contributed by atoms with E-state index in [0.29, 0.717) is 5.02 Å². The van der Waals surface area contributed by atoms with Crippen LogP contribution in [0.2, 0.25) is 5.02 Å². The first-order valence-electron chi connectivity index (χ1n) is 6.61. The van der Waals surface area contributed by atoms with Gasteiger partial charge in [0.25, 0.3) is 0 Å². The summed E-state index contributed by atoms with van der Waals surface area (Å²) in [6.45, 7) is 0.785. The van der Waals surface area contributed by atoms with Crippen LogP contribution in [0.1, 0.15) is 17.2 Å². The second-order valence-electron chi connectivity index (χ2n) is 4.80. The first kappa shape index (κ1) is 13.8. The lowest BCUT2D eigenvalue weighted by Gasteiger charge is -2.26. The Balaban J connectivity index is 1.75. The van der Waals surface area contributed by atoms with Crippen molar-refractivity contribution in [1.29, 1.82) is 0 Å². The lowest BCUT2D eigenvalue weighted by Crippen LogP contribution is -2.17. The number of thioether (sulfide) groups is 1. The number of nitrogens with two attached hydrogens (primary N) is 1. The molecule has 0 fully saturated rings. The highest BCUT2D eigenvalue weighted by molar-refractivity contribution is 7.99. The van der Waals surface area contributed by atoms with Crippen molar-refractivity contribution in [1.82, 2.24) is 0 Å². The normalized spacial score (nSPS) is 17.8. The highest BCUT2D eigenvalue weighted by Crippen LogP contribution is 2.35. The molecule has 0 aliphatic carbocycles. The van der Waals surface area contributed by atoms with Gasteiger partial charge in [-0.1, -0.05) is 35.9 Å². The van der Waals surface area contributed by atoms with Crippen molar-refractivity contribution in [3.05, 3.63) is 58.6 Å². The fourth-order valence-corrected chi connectivity index (χ4v) is 3.70. The Hall–Kier alpha value is -1.16. The minimum atomic E-state index is 0.128. The zero-order chi connectivity index (χ0) is 13.9. The fraction of sp³-hybridized carbons (Fsp3) is 0.250. The van der Waals surface area contributed by atoms with Gasteiger partial charge in [0, 0.05) is 21.4 Å². The van der Waals surface area contributed by atoms with Gasteiger partial charge < -0.3 is 10.5 Å². The molecule has 0 amide bonds. The minimum Gasteiger partial charge on any atom is -0.398 e. The maximum atomic E-state index is 6.02. The summed E-state index contributed by atoms with van der Waals surface area (Å²) < 4.78 is 5.90. The molecule has 2 aromatic rings. The summed E-state index contributed by atoms with van der Waals surface area (Å²) in [6, 6.07) is 14.1. The molecule has 0 bridgehead atoms. The highest BCUT2D eigenvalue weighted by atomic mass is 35.5. The van der Waals surface area contributed by atoms with Gasteiger partial charge in [-0.15, -0.1) is 11.8 Å². The van der Waals surface area contributed by atoms with Crippen LogP contribution in [0.5, 0.6) is 0 Å². The quantitative estimate of drug-likeness (QED) is 0.677. The number of rotatable bonds is 3. The molecule has 4 heteroatoms. The maximum absolute atomic E-state index is 6.02. The highest BCUT2D eigenvalue weighted by Gasteiger charge is 2.20. The molecule has 0 spiro atoms. The number of benzene rings is 2. The van der Waals surface area contributed by atoms with Crippen LogP contribution in [-0.2, 0) is 11.2 Å². The van der Waals surface area contributed by atoms with E-state index in [0.717, 1.165) is 29.4 Å². The lowest BCUT2D eigenvalue weighted by atomic mass is 9.99. The van der Waals surface area contributed by atoms with Crippen LogP contribution in [0.3, 0.4) is 0 Å². The Morgan fingerprint density at radius 1 is 1.25 bits per heavy atom. The molecule has 0 radical (unpaired) electrons. The molecule has 3 rings (SSSR count). The van der Waals surface area contributed by atoms with E-state index in [1.807, 2.05) is 18.2 Å². The molecule has 1 atom stereocenters. The van der Waals surface area contributed by atoms with Crippen LogP contribution in [0, 0.1) is 0 Å². The van der Waals surface area contributed by atoms with Gasteiger partial charge in [-0.3, -0.25) is 0 Å². The van der Waals surface area contributed by atoms with Gasteiger partial charge in [0.2, 0.25) is 0 Å². The summed E-state index contributed by atoms with van der Waals surface area (Å²) in [6.07, 6.45) is 1.12. The van der Waals surface area contributed by atoms with Crippen molar-refractivity contribution in [2.75, 3.05) is 18.1 Å². The van der Waals surface area contributed by atoms with Crippen molar-refractivity contribution in [2.45, 2.75) is 17.4 Å². The van der Waals surface area contributed by atoms with E-state index in [1.54, 1.807) is 11.8 Å². The average molecular weight is 306 g/mol. The number of anilines is 1. The smallest absolute Gasteiger partial charge is 0.0921 e. The van der Waals surface area contributed by atoms with Gasteiger partial charge >= 0.3 is 0 Å². The molecule has 20 heavy (non-hydrogen) atoms. The molecule has 0 aromatic heterocycles. The van der Waals surface area contributed by atoms with Crippen LogP contribution >= 0.6 is 23.4 Å². The first-order chi connectivity index (χ1) is 9.74. The molecule has 1 aliphatic rings. The van der Waals surface area contributed by atoms with Gasteiger partial charge in [-0.05, 0) is 35.7 Å². The average Bonchev–Trinajstić information content (AvgIpc) is 2.48. The van der Waals surface area contributed by atoms with E-state index in [9.17, 15) is 0 Å². The van der Waals surface area contributed by atoms with Gasteiger partial charge in [-0.25, -0.2) is 0 Å². The molecule has 1 heterocycles. The van der Waals surface area contributed by atoms with Gasteiger partial charge in [-0.2, -0.15) is 0 Å². The maximum Gasteiger partial charge on any atom is 0.0921 e. The van der Waals surface area contributed by atoms with E-state index >= 15 is 0 Å². The Morgan fingerprint density at radius 2 is 2.10 bits per heavy atom. The Kier molecular flexibility index (Phi) is 4.20. The van der Waals surface area contributed by atoms with Crippen molar-refractivity contribution >= 4 is 29.1 Å². The lowest BCUT2D eigenvalue weighted by molar-refractivity contribution is 0.0588. The SMILES string of the molecule is Nc1ccc(Cl)cc1SCC1OCCc2ccccc21. The van der Waals surface area contributed by atoms with Gasteiger partial charge in [0.15, 0.2) is 0 Å². The summed E-state index contributed by atoms with van der Waals surface area (Å²) in [5, 5.41) is 0.715. The zero-order valence-electron chi connectivity index (χ0n) is 11.0. The minimum absolute atomic E-state index is 0.128. The van der Waals surface area contributed by atoms with E-state index in [2.05, 4.69) is 24.3 Å². The molecular weight excluding hydrogens is 290 g/mol. The molecule has 2 aromatic carbocycles. The molecule has 1 aliphatic heterocycles. The third-order valence-electron chi connectivity index (χ3n) is 3.46. The third-order valence-corrected chi connectivity index (χ3v) is 4.83. The van der Waals surface area contributed by atoms with Gasteiger partial charge in [0.1, 0.15) is 0 Å². The largest absolute Gasteiger partial charge is 0.398 e. The number of nitrogen functional groups attached to an aromatic ring is 1. The summed E-state index contributed by atoms with van der Waals surface area (Å²) in [5.41, 5.74) is 9.44. The van der Waals surface area contributed by atoms with Crippen LogP contribution in [-0.4, -0.2) is 12.4 Å². The first-order valence-corrected chi connectivity index (χ1v) is 7.97. The number of ether oxygens (including phenoxy) is 1. The van der Waals surface area contributed by atoms with Gasteiger partial charge in [0.05, 0.1) is 12.7 Å². The standard InChI is InChI=1S/C16H16ClNOS/c17-12-5-6-14(18)16(9-12)20-10-15-13-4-2-1-3-11(13)7-8-19-15/h1-6,9,15H,7-8,10,18H2. The zero-order valence-corrected chi connectivity index (χ0v) is 12.6. The second-order valence-corrected chi connectivity index (χ2v) is 6.30. The monoisotopic (exact) mass is 305 g/mol. The predicted octanol–water partition coefficient (Wildman–Crippen LogP) is 4.33. The molecule has 1 unspecified atom stereocenters. The summed E-state index contributed by atoms with van der Waals surface area (Å²) >= 11 is 7.72. The summed E-state index contributed by atoms with van der Waals surface area (Å²) in [7, 11) is 0.